The van der Waals surface area contributed by atoms with E-state index >= 15 is 0 Å². The molecule has 10 heteroatoms. The zero-order valence-corrected chi connectivity index (χ0v) is 21.1. The fraction of sp³-hybridized carbons (Fsp3) is 0.440. The maximum atomic E-state index is 12.7. The molecule has 35 heavy (non-hydrogen) atoms. The second kappa shape index (κ2) is 11.0. The molecule has 3 aromatic rings. The molecule has 1 aliphatic heterocycles. The summed E-state index contributed by atoms with van der Waals surface area (Å²) in [5.41, 5.74) is 0.584. The molecule has 4 rings (SSSR count). The molecule has 0 spiro atoms. The number of nitrogens with zero attached hydrogens (tertiary/aromatic N) is 4. The fourth-order valence-electron chi connectivity index (χ4n) is 3.82. The summed E-state index contributed by atoms with van der Waals surface area (Å²) in [6.45, 7) is 7.25. The van der Waals surface area contributed by atoms with E-state index in [1.165, 1.54) is 11.8 Å². The van der Waals surface area contributed by atoms with Crippen molar-refractivity contribution in [3.05, 3.63) is 54.3 Å². The Morgan fingerprint density at radius 1 is 1.11 bits per heavy atom. The molecule has 186 valence electrons. The van der Waals surface area contributed by atoms with Crippen molar-refractivity contribution >= 4 is 23.8 Å². The molecule has 3 heterocycles. The number of thioether (sulfide) groups is 1. The highest BCUT2D eigenvalue weighted by molar-refractivity contribution is 7.99. The van der Waals surface area contributed by atoms with E-state index in [0.717, 1.165) is 5.56 Å². The molecule has 0 aliphatic carbocycles. The minimum Gasteiger partial charge on any atom is -0.461 e. The van der Waals surface area contributed by atoms with Crippen LogP contribution >= 0.6 is 11.8 Å². The van der Waals surface area contributed by atoms with Gasteiger partial charge < -0.3 is 19.4 Å². The smallest absolute Gasteiger partial charge is 0.410 e. The van der Waals surface area contributed by atoms with Crippen LogP contribution in [-0.4, -0.2) is 62.2 Å². The molecule has 2 amide bonds. The Balaban J connectivity index is 1.32. The van der Waals surface area contributed by atoms with Crippen molar-refractivity contribution in [2.75, 3.05) is 18.8 Å². The van der Waals surface area contributed by atoms with E-state index < -0.39 is 5.60 Å². The van der Waals surface area contributed by atoms with Crippen molar-refractivity contribution < 1.29 is 18.7 Å². The van der Waals surface area contributed by atoms with Crippen LogP contribution in [0.15, 0.2) is 58.3 Å². The van der Waals surface area contributed by atoms with Crippen molar-refractivity contribution in [3.63, 3.8) is 0 Å². The summed E-state index contributed by atoms with van der Waals surface area (Å²) >= 11 is 1.34. The predicted molar refractivity (Wildman–Crippen MR) is 133 cm³/mol. The Morgan fingerprint density at radius 2 is 1.86 bits per heavy atom. The van der Waals surface area contributed by atoms with E-state index in [-0.39, 0.29) is 23.8 Å². The van der Waals surface area contributed by atoms with Crippen LogP contribution in [-0.2, 0) is 16.1 Å². The number of rotatable bonds is 7. The number of carbonyl (C=O) groups excluding carboxylic acids is 2. The van der Waals surface area contributed by atoms with E-state index in [4.69, 9.17) is 9.15 Å². The number of likely N-dealkylation sites (tertiary alicyclic amines) is 1. The topological polar surface area (TPSA) is 102 Å². The summed E-state index contributed by atoms with van der Waals surface area (Å²) in [6.07, 6.45) is 2.69. The molecule has 2 aromatic heterocycles. The SMILES string of the molecule is CC(C)(C)OC(=O)N1CCC(NC(=O)CSc2nnc(-c3ccco3)n2Cc2ccccc2)CC1. The number of hydrogen-bond donors (Lipinski definition) is 1. The van der Waals surface area contributed by atoms with Crippen LogP contribution in [0.3, 0.4) is 0 Å². The summed E-state index contributed by atoms with van der Waals surface area (Å²) in [6, 6.07) is 13.7. The highest BCUT2D eigenvalue weighted by Crippen LogP contribution is 2.25. The van der Waals surface area contributed by atoms with Crippen molar-refractivity contribution in [1.82, 2.24) is 25.0 Å². The molecule has 0 atom stereocenters. The lowest BCUT2D eigenvalue weighted by molar-refractivity contribution is -0.119. The van der Waals surface area contributed by atoms with Crippen LogP contribution in [0.1, 0.15) is 39.2 Å². The number of hydrogen-bond acceptors (Lipinski definition) is 7. The summed E-state index contributed by atoms with van der Waals surface area (Å²) in [5.74, 6) is 1.40. The van der Waals surface area contributed by atoms with Crippen LogP contribution in [0.5, 0.6) is 0 Å². The Labute approximate surface area is 209 Å². The average molecular weight is 498 g/mol. The van der Waals surface area contributed by atoms with Gasteiger partial charge in [0.2, 0.25) is 11.7 Å². The number of amides is 2. The van der Waals surface area contributed by atoms with Crippen LogP contribution in [0.4, 0.5) is 4.79 Å². The first-order valence-corrected chi connectivity index (χ1v) is 12.7. The number of benzene rings is 1. The van der Waals surface area contributed by atoms with Gasteiger partial charge in [-0.3, -0.25) is 9.36 Å². The Hall–Kier alpha value is -3.27. The molecule has 1 N–H and O–H groups in total. The largest absolute Gasteiger partial charge is 0.461 e. The second-order valence-electron chi connectivity index (χ2n) is 9.45. The Kier molecular flexibility index (Phi) is 7.80. The van der Waals surface area contributed by atoms with Crippen LogP contribution in [0, 0.1) is 0 Å². The molecular formula is C25H31N5O4S. The number of ether oxygens (including phenoxy) is 1. The fourth-order valence-corrected chi connectivity index (χ4v) is 4.57. The van der Waals surface area contributed by atoms with Gasteiger partial charge in [-0.05, 0) is 51.3 Å². The zero-order valence-electron chi connectivity index (χ0n) is 20.3. The molecule has 1 saturated heterocycles. The predicted octanol–water partition coefficient (Wildman–Crippen LogP) is 4.19. The Bertz CT molecular complexity index is 1120. The number of piperidine rings is 1. The number of nitrogens with one attached hydrogen (secondary N) is 1. The van der Waals surface area contributed by atoms with E-state index in [1.807, 2.05) is 67.8 Å². The van der Waals surface area contributed by atoms with Gasteiger partial charge in [-0.1, -0.05) is 42.1 Å². The molecule has 0 bridgehead atoms. The average Bonchev–Trinajstić information content (AvgIpc) is 3.48. The quantitative estimate of drug-likeness (QED) is 0.488. The maximum absolute atomic E-state index is 12.7. The highest BCUT2D eigenvalue weighted by Gasteiger charge is 2.27. The molecule has 0 radical (unpaired) electrons. The maximum Gasteiger partial charge on any atom is 0.410 e. The standard InChI is InChI=1S/C25H31N5O4S/c1-25(2,3)34-24(32)29-13-11-19(12-14-29)26-21(31)17-35-23-28-27-22(20-10-7-15-33-20)30(23)16-18-8-5-4-6-9-18/h4-10,15,19H,11-14,16-17H2,1-3H3,(H,26,31). The van der Waals surface area contributed by atoms with Crippen molar-refractivity contribution in [2.24, 2.45) is 0 Å². The van der Waals surface area contributed by atoms with Gasteiger partial charge in [0.05, 0.1) is 18.6 Å². The van der Waals surface area contributed by atoms with Gasteiger partial charge in [0.1, 0.15) is 5.60 Å². The van der Waals surface area contributed by atoms with Crippen molar-refractivity contribution in [2.45, 2.75) is 57.0 Å². The number of furan rings is 1. The minimum absolute atomic E-state index is 0.0302. The lowest BCUT2D eigenvalue weighted by Crippen LogP contribution is -2.48. The third-order valence-electron chi connectivity index (χ3n) is 5.49. The van der Waals surface area contributed by atoms with E-state index in [9.17, 15) is 9.59 Å². The van der Waals surface area contributed by atoms with Gasteiger partial charge in [-0.2, -0.15) is 0 Å². The second-order valence-corrected chi connectivity index (χ2v) is 10.4. The third-order valence-corrected chi connectivity index (χ3v) is 6.45. The molecular weight excluding hydrogens is 466 g/mol. The Morgan fingerprint density at radius 3 is 2.51 bits per heavy atom. The summed E-state index contributed by atoms with van der Waals surface area (Å²) in [4.78, 5) is 26.6. The van der Waals surface area contributed by atoms with Crippen LogP contribution in [0.2, 0.25) is 0 Å². The molecule has 1 fully saturated rings. The monoisotopic (exact) mass is 497 g/mol. The molecule has 0 unspecified atom stereocenters. The van der Waals surface area contributed by atoms with Gasteiger partial charge in [0.15, 0.2) is 10.9 Å². The molecule has 0 saturated carbocycles. The lowest BCUT2D eigenvalue weighted by atomic mass is 10.1. The molecule has 1 aliphatic rings. The third kappa shape index (κ3) is 6.88. The van der Waals surface area contributed by atoms with Gasteiger partial charge in [-0.25, -0.2) is 4.79 Å². The lowest BCUT2D eigenvalue weighted by Gasteiger charge is -2.33. The summed E-state index contributed by atoms with van der Waals surface area (Å²) < 4.78 is 12.9. The zero-order chi connectivity index (χ0) is 24.8. The van der Waals surface area contributed by atoms with Gasteiger partial charge in [-0.15, -0.1) is 10.2 Å². The summed E-state index contributed by atoms with van der Waals surface area (Å²) in [5, 5.41) is 12.4. The first-order valence-electron chi connectivity index (χ1n) is 11.7. The minimum atomic E-state index is -0.517. The first kappa shape index (κ1) is 24.8. The van der Waals surface area contributed by atoms with Gasteiger partial charge in [0, 0.05) is 19.1 Å². The van der Waals surface area contributed by atoms with E-state index in [2.05, 4.69) is 15.5 Å². The van der Waals surface area contributed by atoms with Gasteiger partial charge in [0.25, 0.3) is 0 Å². The molecule has 9 nitrogen and oxygen atoms in total. The highest BCUT2D eigenvalue weighted by atomic mass is 32.2. The number of aromatic nitrogens is 3. The van der Waals surface area contributed by atoms with E-state index in [0.29, 0.717) is 49.2 Å². The van der Waals surface area contributed by atoms with Crippen LogP contribution in [0.25, 0.3) is 11.6 Å². The molecule has 1 aromatic carbocycles. The van der Waals surface area contributed by atoms with Crippen LogP contribution < -0.4 is 5.32 Å². The van der Waals surface area contributed by atoms with E-state index in [1.54, 1.807) is 11.2 Å². The number of carbonyl (C=O) groups is 2. The van der Waals surface area contributed by atoms with Crippen molar-refractivity contribution in [3.8, 4) is 11.6 Å². The summed E-state index contributed by atoms with van der Waals surface area (Å²) in [7, 11) is 0. The van der Waals surface area contributed by atoms with Gasteiger partial charge >= 0.3 is 6.09 Å². The first-order chi connectivity index (χ1) is 16.8. The van der Waals surface area contributed by atoms with Crippen molar-refractivity contribution in [1.29, 1.82) is 0 Å². The normalized spacial score (nSPS) is 14.7.